The van der Waals surface area contributed by atoms with Crippen LogP contribution in [0.25, 0.3) is 0 Å². The van der Waals surface area contributed by atoms with Crippen molar-refractivity contribution in [3.8, 4) is 0 Å². The summed E-state index contributed by atoms with van der Waals surface area (Å²) in [5, 5.41) is 11.6. The van der Waals surface area contributed by atoms with Crippen LogP contribution in [0.3, 0.4) is 0 Å². The average molecular weight is 703 g/mol. The van der Waals surface area contributed by atoms with Crippen molar-refractivity contribution in [3.05, 3.63) is 48.1 Å². The summed E-state index contributed by atoms with van der Waals surface area (Å²) in [6, 6.07) is 0. The SMILES string of the molecule is C=CC=C[C@H](C)C(O)C(C)C(O[Si](C)(C)C(C)(C)C)C(C)CC(C)=C[C@H](C)[C@@H](O[Si](C)(C)C(C)(C)C)C(C)=CCC(=O)CC1CCCC1. The highest BCUT2D eigenvalue weighted by Gasteiger charge is 2.43. The first kappa shape index (κ1) is 45.0. The van der Waals surface area contributed by atoms with E-state index in [0.29, 0.717) is 18.1 Å². The lowest BCUT2D eigenvalue weighted by atomic mass is 9.81. The summed E-state index contributed by atoms with van der Waals surface area (Å²) in [5.41, 5.74) is 2.48. The number of aliphatic hydroxyl groups excluding tert-OH is 1. The second kappa shape index (κ2) is 19.0. The Balaban J connectivity index is 3.35. The highest BCUT2D eigenvalue weighted by molar-refractivity contribution is 6.74. The van der Waals surface area contributed by atoms with E-state index in [1.807, 2.05) is 12.2 Å². The summed E-state index contributed by atoms with van der Waals surface area (Å²) in [7, 11) is -4.19. The second-order valence-electron chi connectivity index (χ2n) is 18.6. The smallest absolute Gasteiger partial charge is 0.192 e. The molecule has 0 spiro atoms. The predicted molar refractivity (Wildman–Crippen MR) is 214 cm³/mol. The molecule has 0 aliphatic heterocycles. The van der Waals surface area contributed by atoms with Crippen LogP contribution in [0, 0.1) is 29.6 Å². The number of ketones is 1. The molecule has 0 radical (unpaired) electrons. The van der Waals surface area contributed by atoms with E-state index in [-0.39, 0.29) is 46.0 Å². The quantitative estimate of drug-likeness (QED) is 0.0827. The van der Waals surface area contributed by atoms with Crippen LogP contribution in [0.5, 0.6) is 0 Å². The lowest BCUT2D eigenvalue weighted by molar-refractivity contribution is -0.119. The molecular formula is C42H78O4Si2. The van der Waals surface area contributed by atoms with Crippen molar-refractivity contribution in [1.29, 1.82) is 0 Å². The first-order valence-electron chi connectivity index (χ1n) is 19.0. The van der Waals surface area contributed by atoms with Crippen LogP contribution >= 0.6 is 0 Å². The van der Waals surface area contributed by atoms with Gasteiger partial charge in [0.25, 0.3) is 0 Å². The van der Waals surface area contributed by atoms with Gasteiger partial charge in [-0.25, -0.2) is 0 Å². The van der Waals surface area contributed by atoms with Crippen molar-refractivity contribution in [2.75, 3.05) is 0 Å². The number of allylic oxidation sites excluding steroid dienone is 4. The molecule has 0 aromatic heterocycles. The van der Waals surface area contributed by atoms with Crippen molar-refractivity contribution >= 4 is 22.4 Å². The molecule has 4 unspecified atom stereocenters. The summed E-state index contributed by atoms with van der Waals surface area (Å²) in [4.78, 5) is 12.9. The van der Waals surface area contributed by atoms with Gasteiger partial charge < -0.3 is 14.0 Å². The summed E-state index contributed by atoms with van der Waals surface area (Å²) in [6.07, 6.45) is 16.7. The van der Waals surface area contributed by atoms with E-state index >= 15 is 0 Å². The minimum atomic E-state index is -2.11. The number of rotatable bonds is 19. The Hall–Kier alpha value is -1.06. The molecule has 7 atom stereocenters. The van der Waals surface area contributed by atoms with Gasteiger partial charge >= 0.3 is 0 Å². The summed E-state index contributed by atoms with van der Waals surface area (Å²) < 4.78 is 14.3. The van der Waals surface area contributed by atoms with E-state index in [2.05, 4.69) is 128 Å². The third kappa shape index (κ3) is 13.9. The highest BCUT2D eigenvalue weighted by Crippen LogP contribution is 2.42. The first-order valence-corrected chi connectivity index (χ1v) is 24.8. The molecule has 0 saturated heterocycles. The molecule has 4 nitrogen and oxygen atoms in total. The maximum absolute atomic E-state index is 12.9. The summed E-state index contributed by atoms with van der Waals surface area (Å²) >= 11 is 0. The Morgan fingerprint density at radius 1 is 0.896 bits per heavy atom. The Bertz CT molecular complexity index is 1100. The summed E-state index contributed by atoms with van der Waals surface area (Å²) in [5.74, 6) is 1.27. The van der Waals surface area contributed by atoms with Crippen LogP contribution in [0.4, 0.5) is 0 Å². The lowest BCUT2D eigenvalue weighted by Gasteiger charge is -2.44. The fourth-order valence-electron chi connectivity index (χ4n) is 6.65. The van der Waals surface area contributed by atoms with Gasteiger partial charge in [0.1, 0.15) is 5.78 Å². The van der Waals surface area contributed by atoms with Crippen LogP contribution in [-0.4, -0.2) is 45.8 Å². The number of carbonyl (C=O) groups excluding carboxylic acids is 1. The Morgan fingerprint density at radius 2 is 1.42 bits per heavy atom. The number of carbonyl (C=O) groups is 1. The molecule has 1 aliphatic rings. The first-order chi connectivity index (χ1) is 21.8. The lowest BCUT2D eigenvalue weighted by Crippen LogP contribution is -2.49. The Kier molecular flexibility index (Phi) is 17.8. The predicted octanol–water partition coefficient (Wildman–Crippen LogP) is 12.2. The van der Waals surface area contributed by atoms with Crippen LogP contribution in [0.15, 0.2) is 48.1 Å². The van der Waals surface area contributed by atoms with Gasteiger partial charge in [0.15, 0.2) is 16.6 Å². The standard InChI is InChI=1S/C42H78O4Si2/c1-18-19-22-31(3)38(44)35(7)40(46-48(16,17)42(11,12)13)34(6)28-30(2)27-33(5)39(45-47(14,15)41(8,9)10)32(4)25-26-37(43)29-36-23-20-21-24-36/h18-19,22,25,27,31,33-36,38-40,44H,1,20-21,23-24,26,28-29H2,2-17H3/t31-,33-,34?,35?,38?,39-,40?/m0/s1. The number of Topliss-reactive ketones (excluding diaryl/α,β-unsaturated/α-hetero) is 1. The fraction of sp³-hybridized carbons (Fsp3) is 0.786. The minimum Gasteiger partial charge on any atom is -0.413 e. The molecule has 1 fully saturated rings. The second-order valence-corrected chi connectivity index (χ2v) is 28.1. The zero-order chi connectivity index (χ0) is 37.3. The molecule has 6 heteroatoms. The maximum Gasteiger partial charge on any atom is 0.192 e. The largest absolute Gasteiger partial charge is 0.413 e. The van der Waals surface area contributed by atoms with E-state index in [4.69, 9.17) is 8.85 Å². The average Bonchev–Trinajstić information content (AvgIpc) is 3.46. The van der Waals surface area contributed by atoms with Gasteiger partial charge in [-0.1, -0.05) is 137 Å². The van der Waals surface area contributed by atoms with Gasteiger partial charge in [-0.3, -0.25) is 4.79 Å². The molecular weight excluding hydrogens is 625 g/mol. The molecule has 1 saturated carbocycles. The summed E-state index contributed by atoms with van der Waals surface area (Å²) in [6.45, 7) is 40.0. The van der Waals surface area contributed by atoms with Crippen molar-refractivity contribution in [2.24, 2.45) is 29.6 Å². The number of aliphatic hydroxyl groups is 1. The van der Waals surface area contributed by atoms with Gasteiger partial charge in [0, 0.05) is 30.6 Å². The number of hydrogen-bond acceptors (Lipinski definition) is 4. The normalized spacial score (nSPS) is 20.8. The zero-order valence-electron chi connectivity index (χ0n) is 34.3. The van der Waals surface area contributed by atoms with E-state index in [9.17, 15) is 9.90 Å². The molecule has 0 aromatic rings. The van der Waals surface area contributed by atoms with Crippen LogP contribution in [0.2, 0.25) is 36.3 Å². The Morgan fingerprint density at radius 3 is 1.92 bits per heavy atom. The van der Waals surface area contributed by atoms with E-state index in [1.165, 1.54) is 36.8 Å². The molecule has 1 rings (SSSR count). The van der Waals surface area contributed by atoms with Crippen molar-refractivity contribution < 1.29 is 18.8 Å². The topological polar surface area (TPSA) is 55.8 Å². The maximum atomic E-state index is 12.9. The fourth-order valence-corrected chi connectivity index (χ4v) is 9.52. The molecule has 0 amide bonds. The van der Waals surface area contributed by atoms with Gasteiger partial charge in [-0.2, -0.15) is 0 Å². The Labute approximate surface area is 300 Å². The van der Waals surface area contributed by atoms with Crippen LogP contribution in [0.1, 0.15) is 128 Å². The monoisotopic (exact) mass is 703 g/mol. The van der Waals surface area contributed by atoms with E-state index < -0.39 is 22.7 Å². The molecule has 0 bridgehead atoms. The molecule has 0 heterocycles. The highest BCUT2D eigenvalue weighted by atomic mass is 28.4. The molecule has 1 N–H and O–H groups in total. The molecule has 1 aliphatic carbocycles. The van der Waals surface area contributed by atoms with Crippen LogP contribution in [-0.2, 0) is 13.6 Å². The van der Waals surface area contributed by atoms with Crippen molar-refractivity contribution in [2.45, 2.75) is 183 Å². The molecule has 278 valence electrons. The third-order valence-corrected chi connectivity index (χ3v) is 20.9. The van der Waals surface area contributed by atoms with Gasteiger partial charge in [-0.05, 0) is 73.9 Å². The van der Waals surface area contributed by atoms with Gasteiger partial charge in [0.2, 0.25) is 0 Å². The van der Waals surface area contributed by atoms with Gasteiger partial charge in [-0.15, -0.1) is 0 Å². The van der Waals surface area contributed by atoms with Crippen molar-refractivity contribution in [1.82, 2.24) is 0 Å². The van der Waals surface area contributed by atoms with Crippen LogP contribution < -0.4 is 0 Å². The van der Waals surface area contributed by atoms with E-state index in [0.717, 1.165) is 12.8 Å². The number of hydrogen-bond donors (Lipinski definition) is 1. The van der Waals surface area contributed by atoms with E-state index in [1.54, 1.807) is 6.08 Å². The molecule has 48 heavy (non-hydrogen) atoms. The molecule has 0 aromatic carbocycles. The zero-order valence-corrected chi connectivity index (χ0v) is 36.3. The van der Waals surface area contributed by atoms with Crippen molar-refractivity contribution in [3.63, 3.8) is 0 Å². The third-order valence-electron chi connectivity index (χ3n) is 11.9. The minimum absolute atomic E-state index is 0.000397. The van der Waals surface area contributed by atoms with Gasteiger partial charge in [0.05, 0.1) is 18.3 Å².